The standard InChI is InChI=1S/C22H30N2O3S/c1-16-14-24(10-9-22(16,25)17-7-11-27-12-8-17)15-18-13-23-21(28-18)19-5-3-4-6-20(19)26-2/h3-6,13,16-17,25H,7-12,14-15H2,1-2H3/t16-,22+/m1/s1. The molecule has 0 saturated carbocycles. The predicted octanol–water partition coefficient (Wildman–Crippen LogP) is 3.82. The summed E-state index contributed by atoms with van der Waals surface area (Å²) in [5.74, 6) is 1.50. The van der Waals surface area contributed by atoms with E-state index in [1.807, 2.05) is 24.4 Å². The van der Waals surface area contributed by atoms with Crippen LogP contribution in [0.5, 0.6) is 5.75 Å². The van der Waals surface area contributed by atoms with E-state index in [0.717, 1.165) is 68.4 Å². The van der Waals surface area contributed by atoms with Crippen molar-refractivity contribution in [2.24, 2.45) is 11.8 Å². The van der Waals surface area contributed by atoms with Gasteiger partial charge in [0.1, 0.15) is 10.8 Å². The van der Waals surface area contributed by atoms with E-state index in [9.17, 15) is 5.11 Å². The first-order valence-electron chi connectivity index (χ1n) is 10.2. The van der Waals surface area contributed by atoms with Crippen molar-refractivity contribution in [3.63, 3.8) is 0 Å². The third-order valence-electron chi connectivity index (χ3n) is 6.41. The summed E-state index contributed by atoms with van der Waals surface area (Å²) in [7, 11) is 1.70. The smallest absolute Gasteiger partial charge is 0.129 e. The highest BCUT2D eigenvalue weighted by Crippen LogP contribution is 2.40. The van der Waals surface area contributed by atoms with E-state index in [-0.39, 0.29) is 5.92 Å². The molecule has 2 saturated heterocycles. The van der Waals surface area contributed by atoms with Gasteiger partial charge in [-0.2, -0.15) is 0 Å². The van der Waals surface area contributed by atoms with Crippen LogP contribution in [-0.4, -0.2) is 54.0 Å². The highest BCUT2D eigenvalue weighted by Gasteiger charge is 2.45. The third-order valence-corrected chi connectivity index (χ3v) is 7.43. The SMILES string of the molecule is COc1ccccc1-c1ncc(CN2CC[C@@](O)(C3CCOCC3)[C@H](C)C2)s1. The summed E-state index contributed by atoms with van der Waals surface area (Å²) in [6, 6.07) is 8.02. The van der Waals surface area contributed by atoms with Gasteiger partial charge in [-0.3, -0.25) is 4.90 Å². The molecule has 2 atom stereocenters. The maximum atomic E-state index is 11.4. The fourth-order valence-electron chi connectivity index (χ4n) is 4.71. The van der Waals surface area contributed by atoms with Gasteiger partial charge >= 0.3 is 0 Å². The van der Waals surface area contributed by atoms with Gasteiger partial charge in [0.25, 0.3) is 0 Å². The van der Waals surface area contributed by atoms with Gasteiger partial charge < -0.3 is 14.6 Å². The van der Waals surface area contributed by atoms with Crippen LogP contribution in [0.1, 0.15) is 31.1 Å². The molecule has 1 N–H and O–H groups in total. The number of likely N-dealkylation sites (tertiary alicyclic amines) is 1. The molecule has 3 heterocycles. The zero-order valence-corrected chi connectivity index (χ0v) is 17.6. The minimum Gasteiger partial charge on any atom is -0.496 e. The molecule has 0 amide bonds. The van der Waals surface area contributed by atoms with Gasteiger partial charge in [-0.15, -0.1) is 11.3 Å². The minimum atomic E-state index is -0.545. The highest BCUT2D eigenvalue weighted by atomic mass is 32.1. The van der Waals surface area contributed by atoms with Crippen molar-refractivity contribution >= 4 is 11.3 Å². The summed E-state index contributed by atoms with van der Waals surface area (Å²) in [6.07, 6.45) is 4.79. The molecule has 4 rings (SSSR count). The minimum absolute atomic E-state index is 0.269. The molecule has 0 bridgehead atoms. The zero-order valence-electron chi connectivity index (χ0n) is 16.8. The van der Waals surface area contributed by atoms with Crippen molar-refractivity contribution in [1.29, 1.82) is 0 Å². The normalized spacial score (nSPS) is 27.0. The lowest BCUT2D eigenvalue weighted by atomic mass is 9.70. The summed E-state index contributed by atoms with van der Waals surface area (Å²) in [6.45, 7) is 6.53. The van der Waals surface area contributed by atoms with Crippen LogP contribution >= 0.6 is 11.3 Å². The molecule has 28 heavy (non-hydrogen) atoms. The van der Waals surface area contributed by atoms with Gasteiger partial charge in [0.2, 0.25) is 0 Å². The van der Waals surface area contributed by atoms with Crippen LogP contribution in [0.25, 0.3) is 10.6 Å². The molecule has 0 spiro atoms. The van der Waals surface area contributed by atoms with E-state index in [0.29, 0.717) is 5.92 Å². The Morgan fingerprint density at radius 3 is 2.86 bits per heavy atom. The Labute approximate surface area is 171 Å². The number of para-hydroxylation sites is 1. The number of nitrogens with zero attached hydrogens (tertiary/aromatic N) is 2. The summed E-state index contributed by atoms with van der Waals surface area (Å²) >= 11 is 1.73. The van der Waals surface area contributed by atoms with Gasteiger partial charge in [-0.05, 0) is 43.2 Å². The number of aromatic nitrogens is 1. The average molecular weight is 403 g/mol. The summed E-state index contributed by atoms with van der Waals surface area (Å²) in [5.41, 5.74) is 0.499. The Kier molecular flexibility index (Phi) is 6.01. The van der Waals surface area contributed by atoms with Gasteiger partial charge in [-0.1, -0.05) is 19.1 Å². The number of hydrogen-bond donors (Lipinski definition) is 1. The number of aliphatic hydroxyl groups is 1. The maximum absolute atomic E-state index is 11.4. The van der Waals surface area contributed by atoms with E-state index in [1.54, 1.807) is 18.4 Å². The first-order valence-corrected chi connectivity index (χ1v) is 11.0. The number of ether oxygens (including phenoxy) is 2. The number of benzene rings is 1. The van der Waals surface area contributed by atoms with Gasteiger partial charge in [0.15, 0.2) is 0 Å². The lowest BCUT2D eigenvalue weighted by Crippen LogP contribution is -2.55. The first-order chi connectivity index (χ1) is 13.6. The van der Waals surface area contributed by atoms with Crippen LogP contribution in [0.15, 0.2) is 30.5 Å². The number of piperidine rings is 1. The number of thiazole rings is 1. The topological polar surface area (TPSA) is 54.8 Å². The summed E-state index contributed by atoms with van der Waals surface area (Å²) in [5, 5.41) is 12.3. The van der Waals surface area contributed by atoms with Crippen LogP contribution in [-0.2, 0) is 11.3 Å². The molecule has 2 aliphatic rings. The van der Waals surface area contributed by atoms with Crippen molar-refractivity contribution in [2.75, 3.05) is 33.4 Å². The van der Waals surface area contributed by atoms with Crippen LogP contribution in [0.4, 0.5) is 0 Å². The van der Waals surface area contributed by atoms with Gasteiger partial charge in [-0.25, -0.2) is 4.98 Å². The fraction of sp³-hybridized carbons (Fsp3) is 0.591. The van der Waals surface area contributed by atoms with E-state index < -0.39 is 5.60 Å². The molecule has 0 unspecified atom stereocenters. The molecular weight excluding hydrogens is 372 g/mol. The maximum Gasteiger partial charge on any atom is 0.129 e. The molecule has 1 aromatic carbocycles. The van der Waals surface area contributed by atoms with Crippen LogP contribution in [0.2, 0.25) is 0 Å². The number of rotatable bonds is 5. The zero-order chi connectivity index (χ0) is 19.6. The van der Waals surface area contributed by atoms with Crippen molar-refractivity contribution in [3.8, 4) is 16.3 Å². The second-order valence-electron chi connectivity index (χ2n) is 8.10. The summed E-state index contributed by atoms with van der Waals surface area (Å²) < 4.78 is 11.0. The van der Waals surface area contributed by atoms with Crippen LogP contribution < -0.4 is 4.74 Å². The lowest BCUT2D eigenvalue weighted by Gasteiger charge is -2.48. The summed E-state index contributed by atoms with van der Waals surface area (Å²) in [4.78, 5) is 8.34. The Bertz CT molecular complexity index is 790. The fourth-order valence-corrected chi connectivity index (χ4v) is 5.70. The van der Waals surface area contributed by atoms with Crippen LogP contribution in [0.3, 0.4) is 0 Å². The predicted molar refractivity (Wildman–Crippen MR) is 112 cm³/mol. The molecule has 0 aliphatic carbocycles. The van der Waals surface area contributed by atoms with Crippen molar-refractivity contribution < 1.29 is 14.6 Å². The Morgan fingerprint density at radius 1 is 1.32 bits per heavy atom. The van der Waals surface area contributed by atoms with Crippen molar-refractivity contribution in [2.45, 2.75) is 38.3 Å². The number of hydrogen-bond acceptors (Lipinski definition) is 6. The largest absolute Gasteiger partial charge is 0.496 e. The lowest BCUT2D eigenvalue weighted by molar-refractivity contribution is -0.131. The molecule has 6 heteroatoms. The van der Waals surface area contributed by atoms with Gasteiger partial charge in [0, 0.05) is 43.9 Å². The first kappa shape index (κ1) is 19.8. The molecular formula is C22H30N2O3S. The Morgan fingerprint density at radius 2 is 2.11 bits per heavy atom. The Hall–Kier alpha value is -1.47. The van der Waals surface area contributed by atoms with Crippen molar-refractivity contribution in [1.82, 2.24) is 9.88 Å². The molecule has 1 aromatic heterocycles. The monoisotopic (exact) mass is 402 g/mol. The van der Waals surface area contributed by atoms with E-state index >= 15 is 0 Å². The molecule has 0 radical (unpaired) electrons. The van der Waals surface area contributed by atoms with E-state index in [4.69, 9.17) is 9.47 Å². The molecule has 2 aliphatic heterocycles. The molecule has 2 aromatic rings. The number of methoxy groups -OCH3 is 1. The highest BCUT2D eigenvalue weighted by molar-refractivity contribution is 7.15. The van der Waals surface area contributed by atoms with E-state index in [2.05, 4.69) is 22.9 Å². The van der Waals surface area contributed by atoms with E-state index in [1.165, 1.54) is 4.88 Å². The second kappa shape index (κ2) is 8.49. The molecule has 5 nitrogen and oxygen atoms in total. The molecule has 152 valence electrons. The van der Waals surface area contributed by atoms with Gasteiger partial charge in [0.05, 0.1) is 18.3 Å². The molecule has 2 fully saturated rings. The third kappa shape index (κ3) is 3.96. The quantitative estimate of drug-likeness (QED) is 0.824. The average Bonchev–Trinajstić information content (AvgIpc) is 3.20. The van der Waals surface area contributed by atoms with Crippen molar-refractivity contribution in [3.05, 3.63) is 35.3 Å². The van der Waals surface area contributed by atoms with Crippen LogP contribution in [0, 0.1) is 11.8 Å². The Balaban J connectivity index is 1.40. The second-order valence-corrected chi connectivity index (χ2v) is 9.21.